The second-order valence-corrected chi connectivity index (χ2v) is 6.45. The van der Waals surface area contributed by atoms with Gasteiger partial charge in [-0.1, -0.05) is 18.2 Å². The predicted molar refractivity (Wildman–Crippen MR) is 91.0 cm³/mol. The summed E-state index contributed by atoms with van der Waals surface area (Å²) >= 11 is 1.58. The van der Waals surface area contributed by atoms with Gasteiger partial charge < -0.3 is 15.2 Å². The van der Waals surface area contributed by atoms with Gasteiger partial charge in [-0.15, -0.1) is 11.8 Å². The molecule has 1 amide bonds. The fraction of sp³-hybridized carbons (Fsp3) is 0.235. The number of carbonyl (C=O) groups excluding carboxylic acids is 1. The van der Waals surface area contributed by atoms with Crippen LogP contribution in [-0.4, -0.2) is 24.9 Å². The SMILES string of the molecule is Nc1ccccc1C1SCC(=O)N1c1ccc2c(c1)OCCO2. The lowest BCUT2D eigenvalue weighted by Gasteiger charge is -2.27. The number of nitrogen functional groups attached to an aromatic ring is 1. The van der Waals surface area contributed by atoms with Gasteiger partial charge in [0.15, 0.2) is 11.5 Å². The summed E-state index contributed by atoms with van der Waals surface area (Å²) in [5.74, 6) is 1.90. The molecule has 1 unspecified atom stereocenters. The highest BCUT2D eigenvalue weighted by molar-refractivity contribution is 8.00. The van der Waals surface area contributed by atoms with Gasteiger partial charge in [0.1, 0.15) is 18.6 Å². The first-order valence-electron chi connectivity index (χ1n) is 7.42. The van der Waals surface area contributed by atoms with Crippen molar-refractivity contribution in [1.29, 1.82) is 0 Å². The monoisotopic (exact) mass is 328 g/mol. The Morgan fingerprint density at radius 2 is 1.87 bits per heavy atom. The lowest BCUT2D eigenvalue weighted by Crippen LogP contribution is -2.28. The van der Waals surface area contributed by atoms with Crippen molar-refractivity contribution >= 4 is 29.0 Å². The summed E-state index contributed by atoms with van der Waals surface area (Å²) in [6, 6.07) is 13.3. The number of amides is 1. The van der Waals surface area contributed by atoms with E-state index in [1.165, 1.54) is 0 Å². The first-order valence-corrected chi connectivity index (χ1v) is 8.46. The minimum absolute atomic E-state index is 0.0694. The Kier molecular flexibility index (Phi) is 3.53. The molecule has 2 N–H and O–H groups in total. The molecule has 23 heavy (non-hydrogen) atoms. The van der Waals surface area contributed by atoms with E-state index < -0.39 is 0 Å². The molecule has 1 atom stereocenters. The molecule has 0 bridgehead atoms. The molecular formula is C17H16N2O3S. The van der Waals surface area contributed by atoms with Crippen molar-refractivity contribution in [2.45, 2.75) is 5.37 Å². The third-order valence-corrected chi connectivity index (χ3v) is 5.13. The molecule has 0 spiro atoms. The zero-order valence-electron chi connectivity index (χ0n) is 12.4. The van der Waals surface area contributed by atoms with Gasteiger partial charge in [-0.25, -0.2) is 0 Å². The highest BCUT2D eigenvalue weighted by Gasteiger charge is 2.35. The van der Waals surface area contributed by atoms with Gasteiger partial charge >= 0.3 is 0 Å². The Hall–Kier alpha value is -2.34. The summed E-state index contributed by atoms with van der Waals surface area (Å²) in [5, 5.41) is -0.119. The quantitative estimate of drug-likeness (QED) is 0.859. The third-order valence-electron chi connectivity index (χ3n) is 3.93. The predicted octanol–water partition coefficient (Wildman–Crippen LogP) is 2.82. The Morgan fingerprint density at radius 1 is 1.09 bits per heavy atom. The van der Waals surface area contributed by atoms with Gasteiger partial charge in [0.2, 0.25) is 5.91 Å². The van der Waals surface area contributed by atoms with E-state index in [4.69, 9.17) is 15.2 Å². The fourth-order valence-corrected chi connectivity index (χ4v) is 4.07. The highest BCUT2D eigenvalue weighted by Crippen LogP contribution is 2.45. The van der Waals surface area contributed by atoms with Crippen molar-refractivity contribution in [3.05, 3.63) is 48.0 Å². The number of para-hydroxylation sites is 1. The molecule has 6 heteroatoms. The van der Waals surface area contributed by atoms with Crippen molar-refractivity contribution in [3.8, 4) is 11.5 Å². The summed E-state index contributed by atoms with van der Waals surface area (Å²) < 4.78 is 11.2. The smallest absolute Gasteiger partial charge is 0.238 e. The Morgan fingerprint density at radius 3 is 2.70 bits per heavy atom. The molecule has 4 rings (SSSR count). The fourth-order valence-electron chi connectivity index (χ4n) is 2.85. The third kappa shape index (κ3) is 2.49. The number of rotatable bonds is 2. The number of fused-ring (bicyclic) bond motifs is 1. The standard InChI is InChI=1S/C17H16N2O3S/c18-13-4-2-1-3-12(13)17-19(16(20)10-23-17)11-5-6-14-15(9-11)22-8-7-21-14/h1-6,9,17H,7-8,10,18H2. The largest absolute Gasteiger partial charge is 0.486 e. The molecule has 118 valence electrons. The van der Waals surface area contributed by atoms with Gasteiger partial charge in [-0.2, -0.15) is 0 Å². The molecule has 2 aliphatic rings. The number of nitrogens with zero attached hydrogens (tertiary/aromatic N) is 1. The summed E-state index contributed by atoms with van der Waals surface area (Å²) in [4.78, 5) is 14.2. The molecular weight excluding hydrogens is 312 g/mol. The van der Waals surface area contributed by atoms with Crippen molar-refractivity contribution < 1.29 is 14.3 Å². The average molecular weight is 328 g/mol. The second-order valence-electron chi connectivity index (χ2n) is 5.38. The van der Waals surface area contributed by atoms with Crippen LogP contribution in [0.15, 0.2) is 42.5 Å². The van der Waals surface area contributed by atoms with Crippen LogP contribution < -0.4 is 20.1 Å². The van der Waals surface area contributed by atoms with Crippen LogP contribution >= 0.6 is 11.8 Å². The summed E-state index contributed by atoms with van der Waals surface area (Å²) in [7, 11) is 0. The van der Waals surface area contributed by atoms with E-state index >= 15 is 0 Å². The minimum Gasteiger partial charge on any atom is -0.486 e. The van der Waals surface area contributed by atoms with Gasteiger partial charge in [-0.3, -0.25) is 9.69 Å². The van der Waals surface area contributed by atoms with E-state index in [2.05, 4.69) is 0 Å². The van der Waals surface area contributed by atoms with Crippen molar-refractivity contribution in [3.63, 3.8) is 0 Å². The van der Waals surface area contributed by atoms with Crippen LogP contribution in [0.3, 0.4) is 0 Å². The molecule has 1 fully saturated rings. The number of hydrogen-bond donors (Lipinski definition) is 1. The number of ether oxygens (including phenoxy) is 2. The molecule has 5 nitrogen and oxygen atoms in total. The van der Waals surface area contributed by atoms with E-state index in [1.54, 1.807) is 16.7 Å². The van der Waals surface area contributed by atoms with E-state index in [-0.39, 0.29) is 11.3 Å². The van der Waals surface area contributed by atoms with Crippen molar-refractivity contribution in [2.75, 3.05) is 29.6 Å². The first-order chi connectivity index (χ1) is 11.2. The second kappa shape index (κ2) is 5.70. The van der Waals surface area contributed by atoms with Crippen LogP contribution in [0, 0.1) is 0 Å². The maximum atomic E-state index is 12.4. The van der Waals surface area contributed by atoms with Gasteiger partial charge in [0.25, 0.3) is 0 Å². The van der Waals surface area contributed by atoms with Gasteiger partial charge in [0, 0.05) is 23.0 Å². The first kappa shape index (κ1) is 14.3. The van der Waals surface area contributed by atoms with E-state index in [1.807, 2.05) is 42.5 Å². The van der Waals surface area contributed by atoms with E-state index in [0.29, 0.717) is 30.4 Å². The van der Waals surface area contributed by atoms with Crippen LogP contribution in [0.1, 0.15) is 10.9 Å². The zero-order chi connectivity index (χ0) is 15.8. The number of benzene rings is 2. The van der Waals surface area contributed by atoms with Gasteiger partial charge in [0.05, 0.1) is 5.75 Å². The number of hydrogen-bond acceptors (Lipinski definition) is 5. The molecule has 2 heterocycles. The number of nitrogens with two attached hydrogens (primary N) is 1. The Bertz CT molecular complexity index is 765. The lowest BCUT2D eigenvalue weighted by atomic mass is 10.1. The van der Waals surface area contributed by atoms with Crippen LogP contribution in [-0.2, 0) is 4.79 Å². The number of thioether (sulfide) groups is 1. The van der Waals surface area contributed by atoms with Crippen molar-refractivity contribution in [2.24, 2.45) is 0 Å². The normalized spacial score (nSPS) is 19.9. The van der Waals surface area contributed by atoms with E-state index in [9.17, 15) is 4.79 Å². The lowest BCUT2D eigenvalue weighted by molar-refractivity contribution is -0.115. The maximum absolute atomic E-state index is 12.4. The minimum atomic E-state index is -0.119. The van der Waals surface area contributed by atoms with Gasteiger partial charge in [-0.05, 0) is 18.2 Å². The molecule has 1 saturated heterocycles. The highest BCUT2D eigenvalue weighted by atomic mass is 32.2. The number of carbonyl (C=O) groups is 1. The Balaban J connectivity index is 1.73. The molecule has 0 radical (unpaired) electrons. The van der Waals surface area contributed by atoms with Crippen molar-refractivity contribution in [1.82, 2.24) is 0 Å². The molecule has 2 aliphatic heterocycles. The number of anilines is 2. The topological polar surface area (TPSA) is 64.8 Å². The van der Waals surface area contributed by atoms with Crippen LogP contribution in [0.25, 0.3) is 0 Å². The molecule has 0 saturated carbocycles. The molecule has 2 aromatic rings. The van der Waals surface area contributed by atoms with Crippen LogP contribution in [0.5, 0.6) is 11.5 Å². The maximum Gasteiger partial charge on any atom is 0.238 e. The molecule has 0 aromatic heterocycles. The summed E-state index contributed by atoms with van der Waals surface area (Å²) in [6.07, 6.45) is 0. The molecule has 2 aromatic carbocycles. The summed E-state index contributed by atoms with van der Waals surface area (Å²) in [5.41, 5.74) is 8.56. The van der Waals surface area contributed by atoms with Crippen LogP contribution in [0.4, 0.5) is 11.4 Å². The Labute approximate surface area is 138 Å². The average Bonchev–Trinajstić information content (AvgIpc) is 2.96. The van der Waals surface area contributed by atoms with Crippen LogP contribution in [0.2, 0.25) is 0 Å². The molecule has 0 aliphatic carbocycles. The zero-order valence-corrected chi connectivity index (χ0v) is 13.2. The van der Waals surface area contributed by atoms with E-state index in [0.717, 1.165) is 17.0 Å². The summed E-state index contributed by atoms with van der Waals surface area (Å²) in [6.45, 7) is 1.07.